The van der Waals surface area contributed by atoms with Crippen molar-refractivity contribution in [3.8, 4) is 0 Å². The van der Waals surface area contributed by atoms with E-state index in [1.54, 1.807) is 7.11 Å². The molecular formula is C10H19NO4. The van der Waals surface area contributed by atoms with E-state index in [0.717, 1.165) is 0 Å². The molecule has 1 N–H and O–H groups in total. The van der Waals surface area contributed by atoms with Crippen molar-refractivity contribution in [1.29, 1.82) is 0 Å². The largest absolute Gasteiger partial charge is 0.468 e. The van der Waals surface area contributed by atoms with Gasteiger partial charge >= 0.3 is 5.97 Å². The summed E-state index contributed by atoms with van der Waals surface area (Å²) in [6.07, 6.45) is 0.478. The van der Waals surface area contributed by atoms with E-state index in [2.05, 4.69) is 5.32 Å². The van der Waals surface area contributed by atoms with Crippen molar-refractivity contribution >= 4 is 5.97 Å². The van der Waals surface area contributed by atoms with Gasteiger partial charge in [0.05, 0.1) is 19.8 Å². The molecule has 0 radical (unpaired) electrons. The van der Waals surface area contributed by atoms with Crippen LogP contribution in [0.1, 0.15) is 13.3 Å². The lowest BCUT2D eigenvalue weighted by Gasteiger charge is -2.30. The van der Waals surface area contributed by atoms with Crippen LogP contribution in [0, 0.1) is 0 Å². The molecule has 0 aromatic rings. The molecule has 0 aromatic heterocycles. The van der Waals surface area contributed by atoms with Crippen molar-refractivity contribution < 1.29 is 19.0 Å². The molecule has 1 fully saturated rings. The van der Waals surface area contributed by atoms with Crippen LogP contribution in [-0.2, 0) is 19.0 Å². The molecule has 1 heterocycles. The first-order valence-corrected chi connectivity index (χ1v) is 5.11. The molecule has 0 aliphatic carbocycles. The average Bonchev–Trinajstić information content (AvgIpc) is 2.61. The van der Waals surface area contributed by atoms with Gasteiger partial charge in [0.2, 0.25) is 0 Å². The van der Waals surface area contributed by atoms with E-state index in [0.29, 0.717) is 26.2 Å². The fourth-order valence-electron chi connectivity index (χ4n) is 1.87. The Morgan fingerprint density at radius 1 is 1.60 bits per heavy atom. The predicted molar refractivity (Wildman–Crippen MR) is 54.7 cm³/mol. The lowest BCUT2D eigenvalue weighted by molar-refractivity contribution is -0.150. The third-order valence-corrected chi connectivity index (χ3v) is 2.85. The van der Waals surface area contributed by atoms with Crippen LogP contribution in [0.3, 0.4) is 0 Å². The summed E-state index contributed by atoms with van der Waals surface area (Å²) in [5, 5.41) is 3.17. The van der Waals surface area contributed by atoms with Crippen LogP contribution in [0.2, 0.25) is 0 Å². The predicted octanol–water partition coefficient (Wildman–Crippen LogP) is -0.0570. The summed E-state index contributed by atoms with van der Waals surface area (Å²) >= 11 is 0. The number of methoxy groups -OCH3 is 2. The Morgan fingerprint density at radius 2 is 2.33 bits per heavy atom. The van der Waals surface area contributed by atoms with Gasteiger partial charge in [-0.2, -0.15) is 0 Å². The fraction of sp³-hybridized carbons (Fsp3) is 0.900. The summed E-state index contributed by atoms with van der Waals surface area (Å²) in [6.45, 7) is 3.63. The molecule has 2 unspecified atom stereocenters. The Kier molecular flexibility index (Phi) is 4.50. The number of esters is 1. The van der Waals surface area contributed by atoms with Gasteiger partial charge in [0.15, 0.2) is 0 Å². The highest BCUT2D eigenvalue weighted by molar-refractivity contribution is 5.82. The standard InChI is InChI=1S/C10H19NO4/c1-8-10(4-6-15-8,9(12)14-3)11-5-7-13-2/h8,11H,4-7H2,1-3H3. The van der Waals surface area contributed by atoms with E-state index in [1.807, 2.05) is 6.92 Å². The Morgan fingerprint density at radius 3 is 2.80 bits per heavy atom. The van der Waals surface area contributed by atoms with Crippen molar-refractivity contribution in [1.82, 2.24) is 5.32 Å². The molecule has 1 aliphatic rings. The highest BCUT2D eigenvalue weighted by atomic mass is 16.5. The average molecular weight is 217 g/mol. The lowest BCUT2D eigenvalue weighted by atomic mass is 9.92. The second-order valence-electron chi connectivity index (χ2n) is 3.65. The van der Waals surface area contributed by atoms with Gasteiger partial charge in [-0.25, -0.2) is 4.79 Å². The van der Waals surface area contributed by atoms with Crippen molar-refractivity contribution in [3.63, 3.8) is 0 Å². The molecule has 88 valence electrons. The van der Waals surface area contributed by atoms with Gasteiger partial charge in [-0.05, 0) is 6.92 Å². The number of hydrogen-bond donors (Lipinski definition) is 1. The van der Waals surface area contributed by atoms with Crippen molar-refractivity contribution in [2.75, 3.05) is 34.0 Å². The Balaban J connectivity index is 2.64. The zero-order valence-corrected chi connectivity index (χ0v) is 9.54. The number of nitrogens with one attached hydrogen (secondary N) is 1. The molecule has 1 aliphatic heterocycles. The summed E-state index contributed by atoms with van der Waals surface area (Å²) in [7, 11) is 3.02. The smallest absolute Gasteiger partial charge is 0.328 e. The molecule has 0 saturated carbocycles. The molecule has 5 heteroatoms. The van der Waals surface area contributed by atoms with Crippen molar-refractivity contribution in [2.45, 2.75) is 25.0 Å². The first kappa shape index (κ1) is 12.4. The first-order valence-electron chi connectivity index (χ1n) is 5.11. The second-order valence-corrected chi connectivity index (χ2v) is 3.65. The molecule has 5 nitrogen and oxygen atoms in total. The van der Waals surface area contributed by atoms with Crippen LogP contribution in [0.5, 0.6) is 0 Å². The van der Waals surface area contributed by atoms with E-state index in [1.165, 1.54) is 7.11 Å². The zero-order valence-electron chi connectivity index (χ0n) is 9.54. The Bertz CT molecular complexity index is 221. The maximum Gasteiger partial charge on any atom is 0.328 e. The van der Waals surface area contributed by atoms with Gasteiger partial charge in [0.1, 0.15) is 5.54 Å². The van der Waals surface area contributed by atoms with Crippen LogP contribution >= 0.6 is 0 Å². The molecular weight excluding hydrogens is 198 g/mol. The van der Waals surface area contributed by atoms with Crippen molar-refractivity contribution in [2.24, 2.45) is 0 Å². The summed E-state index contributed by atoms with van der Waals surface area (Å²) in [6, 6.07) is 0. The topological polar surface area (TPSA) is 56.8 Å². The number of rotatable bonds is 5. The van der Waals surface area contributed by atoms with Crippen LogP contribution in [0.4, 0.5) is 0 Å². The minimum absolute atomic E-state index is 0.165. The monoisotopic (exact) mass is 217 g/mol. The number of carbonyl (C=O) groups excluding carboxylic acids is 1. The summed E-state index contributed by atoms with van der Waals surface area (Å²) in [5.41, 5.74) is -0.701. The summed E-state index contributed by atoms with van der Waals surface area (Å²) < 4.78 is 15.2. The third-order valence-electron chi connectivity index (χ3n) is 2.85. The Labute approximate surface area is 90.1 Å². The quantitative estimate of drug-likeness (QED) is 0.516. The van der Waals surface area contributed by atoms with Gasteiger partial charge in [0.25, 0.3) is 0 Å². The molecule has 2 atom stereocenters. The SMILES string of the molecule is COCCNC1(C(=O)OC)CCOC1C. The van der Waals surface area contributed by atoms with Crippen LogP contribution in [-0.4, -0.2) is 51.6 Å². The third kappa shape index (κ3) is 2.48. The van der Waals surface area contributed by atoms with E-state index < -0.39 is 5.54 Å². The number of carbonyl (C=O) groups is 1. The number of ether oxygens (including phenoxy) is 3. The van der Waals surface area contributed by atoms with E-state index >= 15 is 0 Å². The molecule has 1 rings (SSSR count). The highest BCUT2D eigenvalue weighted by Gasteiger charge is 2.48. The molecule has 0 amide bonds. The molecule has 15 heavy (non-hydrogen) atoms. The van der Waals surface area contributed by atoms with Crippen LogP contribution in [0.15, 0.2) is 0 Å². The van der Waals surface area contributed by atoms with Gasteiger partial charge in [0, 0.05) is 26.7 Å². The molecule has 0 aromatic carbocycles. The van der Waals surface area contributed by atoms with Gasteiger partial charge in [-0.3, -0.25) is 5.32 Å². The van der Waals surface area contributed by atoms with E-state index in [-0.39, 0.29) is 12.1 Å². The first-order chi connectivity index (χ1) is 7.17. The Hall–Kier alpha value is -0.650. The number of hydrogen-bond acceptors (Lipinski definition) is 5. The highest BCUT2D eigenvalue weighted by Crippen LogP contribution is 2.26. The van der Waals surface area contributed by atoms with E-state index in [4.69, 9.17) is 14.2 Å². The maximum absolute atomic E-state index is 11.7. The maximum atomic E-state index is 11.7. The van der Waals surface area contributed by atoms with Crippen LogP contribution < -0.4 is 5.32 Å². The van der Waals surface area contributed by atoms with Gasteiger partial charge < -0.3 is 14.2 Å². The fourth-order valence-corrected chi connectivity index (χ4v) is 1.87. The van der Waals surface area contributed by atoms with Gasteiger partial charge in [-0.1, -0.05) is 0 Å². The normalized spacial score (nSPS) is 30.5. The summed E-state index contributed by atoms with van der Waals surface area (Å²) in [4.78, 5) is 11.7. The lowest BCUT2D eigenvalue weighted by Crippen LogP contribution is -2.58. The van der Waals surface area contributed by atoms with Crippen LogP contribution in [0.25, 0.3) is 0 Å². The zero-order chi connectivity index (χ0) is 11.3. The minimum atomic E-state index is -0.701. The van der Waals surface area contributed by atoms with Crippen molar-refractivity contribution in [3.05, 3.63) is 0 Å². The minimum Gasteiger partial charge on any atom is -0.468 e. The molecule has 0 bridgehead atoms. The van der Waals surface area contributed by atoms with E-state index in [9.17, 15) is 4.79 Å². The molecule has 0 spiro atoms. The second kappa shape index (κ2) is 5.44. The summed E-state index contributed by atoms with van der Waals surface area (Å²) in [5.74, 6) is -0.261. The van der Waals surface area contributed by atoms with Gasteiger partial charge in [-0.15, -0.1) is 0 Å². The molecule has 1 saturated heterocycles.